The van der Waals surface area contributed by atoms with E-state index in [1.807, 2.05) is 26.0 Å². The predicted molar refractivity (Wildman–Crippen MR) is 65.9 cm³/mol. The Morgan fingerprint density at radius 1 is 1.44 bits per heavy atom. The van der Waals surface area contributed by atoms with Crippen LogP contribution in [-0.4, -0.2) is 18.4 Å². The van der Waals surface area contributed by atoms with Crippen molar-refractivity contribution < 1.29 is 4.79 Å². The Hall–Kier alpha value is -1.15. The Labute approximate surface area is 97.1 Å². The van der Waals surface area contributed by atoms with Gasteiger partial charge in [-0.3, -0.25) is 4.79 Å². The zero-order valence-corrected chi connectivity index (χ0v) is 10.0. The van der Waals surface area contributed by atoms with Gasteiger partial charge in [-0.2, -0.15) is 0 Å². The van der Waals surface area contributed by atoms with Crippen molar-refractivity contribution in [2.75, 3.05) is 6.54 Å². The van der Waals surface area contributed by atoms with Gasteiger partial charge in [-0.05, 0) is 44.9 Å². The quantitative estimate of drug-likeness (QED) is 0.789. The number of benzene rings is 1. The molecule has 0 aromatic heterocycles. The van der Waals surface area contributed by atoms with Crippen LogP contribution in [0, 0.1) is 13.8 Å². The summed E-state index contributed by atoms with van der Waals surface area (Å²) < 4.78 is 0. The average molecular weight is 217 g/mol. The zero-order valence-electron chi connectivity index (χ0n) is 10.0. The van der Waals surface area contributed by atoms with E-state index in [9.17, 15) is 4.79 Å². The number of ketones is 1. The second-order valence-electron chi connectivity index (χ2n) is 4.74. The highest BCUT2D eigenvalue weighted by atomic mass is 16.1. The summed E-state index contributed by atoms with van der Waals surface area (Å²) in [5.41, 5.74) is 3.15. The number of rotatable bonds is 3. The first-order valence-corrected chi connectivity index (χ1v) is 6.00. The second-order valence-corrected chi connectivity index (χ2v) is 4.74. The van der Waals surface area contributed by atoms with Crippen molar-refractivity contribution >= 4 is 5.78 Å². The molecule has 1 heterocycles. The van der Waals surface area contributed by atoms with Gasteiger partial charge in [0.2, 0.25) is 0 Å². The molecule has 1 atom stereocenters. The van der Waals surface area contributed by atoms with Crippen molar-refractivity contribution in [1.82, 2.24) is 5.32 Å². The zero-order chi connectivity index (χ0) is 11.5. The van der Waals surface area contributed by atoms with Crippen molar-refractivity contribution in [2.24, 2.45) is 0 Å². The Balaban J connectivity index is 2.10. The summed E-state index contributed by atoms with van der Waals surface area (Å²) in [6, 6.07) is 6.49. The van der Waals surface area contributed by atoms with E-state index in [2.05, 4.69) is 11.4 Å². The Bertz CT molecular complexity index is 392. The monoisotopic (exact) mass is 217 g/mol. The molecule has 1 aliphatic heterocycles. The van der Waals surface area contributed by atoms with Crippen LogP contribution >= 0.6 is 0 Å². The van der Waals surface area contributed by atoms with Crippen molar-refractivity contribution in [2.45, 2.75) is 39.2 Å². The van der Waals surface area contributed by atoms with E-state index in [0.29, 0.717) is 12.5 Å². The highest BCUT2D eigenvalue weighted by Crippen LogP contribution is 2.16. The predicted octanol–water partition coefficient (Wildman–Crippen LogP) is 2.63. The molecule has 86 valence electrons. The third-order valence-corrected chi connectivity index (χ3v) is 3.29. The molecular formula is C14H19NO. The molecule has 0 amide bonds. The van der Waals surface area contributed by atoms with Crippen LogP contribution in [0.2, 0.25) is 0 Å². The first-order valence-electron chi connectivity index (χ1n) is 6.00. The number of hydrogen-bond donors (Lipinski definition) is 1. The Morgan fingerprint density at radius 2 is 2.25 bits per heavy atom. The number of carbonyl (C=O) groups excluding carboxylic acids is 1. The van der Waals surface area contributed by atoms with Crippen LogP contribution in [0.25, 0.3) is 0 Å². The lowest BCUT2D eigenvalue weighted by Gasteiger charge is -2.11. The van der Waals surface area contributed by atoms with Gasteiger partial charge < -0.3 is 5.32 Å². The summed E-state index contributed by atoms with van der Waals surface area (Å²) >= 11 is 0. The molecule has 0 spiro atoms. The van der Waals surface area contributed by atoms with Gasteiger partial charge in [-0.25, -0.2) is 0 Å². The van der Waals surface area contributed by atoms with Gasteiger partial charge in [0.05, 0.1) is 0 Å². The van der Waals surface area contributed by atoms with Crippen molar-refractivity contribution in [3.05, 3.63) is 34.9 Å². The minimum atomic E-state index is 0.278. The van der Waals surface area contributed by atoms with Gasteiger partial charge in [-0.15, -0.1) is 0 Å². The summed E-state index contributed by atoms with van der Waals surface area (Å²) in [6.07, 6.45) is 2.98. The summed E-state index contributed by atoms with van der Waals surface area (Å²) in [7, 11) is 0. The fourth-order valence-corrected chi connectivity index (χ4v) is 2.30. The van der Waals surface area contributed by atoms with Gasteiger partial charge in [0.1, 0.15) is 0 Å². The number of carbonyl (C=O) groups is 1. The van der Waals surface area contributed by atoms with Gasteiger partial charge in [0.15, 0.2) is 5.78 Å². The molecule has 0 saturated carbocycles. The molecular weight excluding hydrogens is 198 g/mol. The second kappa shape index (κ2) is 4.79. The van der Waals surface area contributed by atoms with E-state index in [1.165, 1.54) is 6.42 Å². The standard InChI is InChI=1S/C14H19NO/c1-10-5-6-11(2)13(8-10)14(16)9-12-4-3-7-15-12/h5-6,8,12,15H,3-4,7,9H2,1-2H3. The maximum atomic E-state index is 12.1. The van der Waals surface area contributed by atoms with Crippen molar-refractivity contribution in [3.8, 4) is 0 Å². The van der Waals surface area contributed by atoms with E-state index < -0.39 is 0 Å². The molecule has 0 bridgehead atoms. The summed E-state index contributed by atoms with van der Waals surface area (Å²) in [6.45, 7) is 5.10. The molecule has 0 radical (unpaired) electrons. The smallest absolute Gasteiger partial charge is 0.164 e. The summed E-state index contributed by atoms with van der Waals surface area (Å²) in [5.74, 6) is 0.278. The van der Waals surface area contributed by atoms with Crippen LogP contribution in [0.4, 0.5) is 0 Å². The van der Waals surface area contributed by atoms with Gasteiger partial charge >= 0.3 is 0 Å². The van der Waals surface area contributed by atoms with Crippen molar-refractivity contribution in [3.63, 3.8) is 0 Å². The molecule has 1 aromatic rings. The molecule has 2 nitrogen and oxygen atoms in total. The number of hydrogen-bond acceptors (Lipinski definition) is 2. The fourth-order valence-electron chi connectivity index (χ4n) is 2.30. The fraction of sp³-hybridized carbons (Fsp3) is 0.500. The SMILES string of the molecule is Cc1ccc(C)c(C(=O)CC2CCCN2)c1. The molecule has 1 unspecified atom stereocenters. The van der Waals surface area contributed by atoms with Gasteiger partial charge in [0.25, 0.3) is 0 Å². The van der Waals surface area contributed by atoms with Crippen molar-refractivity contribution in [1.29, 1.82) is 0 Å². The first kappa shape index (κ1) is 11.3. The molecule has 1 aromatic carbocycles. The minimum absolute atomic E-state index is 0.278. The molecule has 1 saturated heterocycles. The van der Waals surface area contributed by atoms with Crippen LogP contribution < -0.4 is 5.32 Å². The van der Waals surface area contributed by atoms with E-state index >= 15 is 0 Å². The van der Waals surface area contributed by atoms with Gasteiger partial charge in [0, 0.05) is 18.0 Å². The Morgan fingerprint density at radius 3 is 2.94 bits per heavy atom. The average Bonchev–Trinajstić information content (AvgIpc) is 2.74. The lowest BCUT2D eigenvalue weighted by molar-refractivity contribution is 0.0971. The molecule has 1 N–H and O–H groups in total. The molecule has 0 aliphatic carbocycles. The molecule has 1 fully saturated rings. The summed E-state index contributed by atoms with van der Waals surface area (Å²) in [5, 5.41) is 3.37. The van der Waals surface area contributed by atoms with E-state index in [0.717, 1.165) is 29.7 Å². The summed E-state index contributed by atoms with van der Waals surface area (Å²) in [4.78, 5) is 12.1. The molecule has 2 heteroatoms. The van der Waals surface area contributed by atoms with Gasteiger partial charge in [-0.1, -0.05) is 17.7 Å². The number of Topliss-reactive ketones (excluding diaryl/α,β-unsaturated/α-hetero) is 1. The van der Waals surface area contributed by atoms with Crippen LogP contribution in [0.1, 0.15) is 40.7 Å². The van der Waals surface area contributed by atoms with Crippen LogP contribution in [0.3, 0.4) is 0 Å². The maximum absolute atomic E-state index is 12.1. The van der Waals surface area contributed by atoms with E-state index in [4.69, 9.17) is 0 Å². The minimum Gasteiger partial charge on any atom is -0.314 e. The third kappa shape index (κ3) is 2.50. The van der Waals surface area contributed by atoms with Crippen LogP contribution in [0.15, 0.2) is 18.2 Å². The highest BCUT2D eigenvalue weighted by Gasteiger charge is 2.19. The topological polar surface area (TPSA) is 29.1 Å². The van der Waals surface area contributed by atoms with Crippen LogP contribution in [0.5, 0.6) is 0 Å². The first-order chi connectivity index (χ1) is 7.66. The molecule has 2 rings (SSSR count). The molecule has 16 heavy (non-hydrogen) atoms. The normalized spacial score (nSPS) is 20.0. The largest absolute Gasteiger partial charge is 0.314 e. The number of nitrogens with one attached hydrogen (secondary N) is 1. The highest BCUT2D eigenvalue weighted by molar-refractivity contribution is 5.98. The number of aryl methyl sites for hydroxylation is 2. The third-order valence-electron chi connectivity index (χ3n) is 3.29. The van der Waals surface area contributed by atoms with Crippen LogP contribution in [-0.2, 0) is 0 Å². The maximum Gasteiger partial charge on any atom is 0.164 e. The van der Waals surface area contributed by atoms with E-state index in [1.54, 1.807) is 0 Å². The lowest BCUT2D eigenvalue weighted by atomic mass is 9.97. The van der Waals surface area contributed by atoms with E-state index in [-0.39, 0.29) is 5.78 Å². The lowest BCUT2D eigenvalue weighted by Crippen LogP contribution is -2.24. The molecule has 1 aliphatic rings. The Kier molecular flexibility index (Phi) is 3.39.